The zero-order valence-corrected chi connectivity index (χ0v) is 33.1. The molecule has 8 rings (SSSR count). The first kappa shape index (κ1) is 34.1. The Morgan fingerprint density at radius 1 is 0.627 bits per heavy atom. The highest BCUT2D eigenvalue weighted by molar-refractivity contribution is 6.74. The lowest BCUT2D eigenvalue weighted by Crippen LogP contribution is -2.57. The predicted octanol–water partition coefficient (Wildman–Crippen LogP) is 11.6. The third-order valence-electron chi connectivity index (χ3n) is 13.1. The number of nitrogens with zero attached hydrogens (tertiary/aromatic N) is 1. The van der Waals surface area contributed by atoms with Gasteiger partial charge in [0.1, 0.15) is 0 Å². The van der Waals surface area contributed by atoms with Crippen LogP contribution in [0.4, 0.5) is 22.7 Å². The van der Waals surface area contributed by atoms with Crippen molar-refractivity contribution in [1.82, 2.24) is 0 Å². The number of benzene rings is 5. The van der Waals surface area contributed by atoms with Gasteiger partial charge in [-0.05, 0) is 98.9 Å². The summed E-state index contributed by atoms with van der Waals surface area (Å²) >= 11 is 0. The van der Waals surface area contributed by atoms with Crippen LogP contribution in [0.15, 0.2) is 84.9 Å². The Balaban J connectivity index is 1.40. The Morgan fingerprint density at radius 2 is 1.27 bits per heavy atom. The van der Waals surface area contributed by atoms with Gasteiger partial charge in [-0.3, -0.25) is 0 Å². The summed E-state index contributed by atoms with van der Waals surface area (Å²) in [5.41, 5.74) is 16.9. The molecule has 1 N–H and O–H groups in total. The van der Waals surface area contributed by atoms with Crippen LogP contribution in [-0.2, 0) is 21.7 Å². The molecule has 0 saturated heterocycles. The topological polar surface area (TPSA) is 15.3 Å². The van der Waals surface area contributed by atoms with Crippen LogP contribution in [0, 0.1) is 0 Å². The molecule has 2 heterocycles. The molecule has 1 saturated carbocycles. The first-order chi connectivity index (χ1) is 23.9. The van der Waals surface area contributed by atoms with Gasteiger partial charge in [0.2, 0.25) is 0 Å². The van der Waals surface area contributed by atoms with Crippen LogP contribution in [0.3, 0.4) is 0 Å². The van der Waals surface area contributed by atoms with Gasteiger partial charge in [0.25, 0.3) is 0 Å². The van der Waals surface area contributed by atoms with Crippen molar-refractivity contribution in [2.24, 2.45) is 0 Å². The van der Waals surface area contributed by atoms with Gasteiger partial charge in [-0.25, -0.2) is 0 Å². The van der Waals surface area contributed by atoms with E-state index in [9.17, 15) is 0 Å². The van der Waals surface area contributed by atoms with Gasteiger partial charge in [-0.2, -0.15) is 0 Å². The van der Waals surface area contributed by atoms with E-state index in [1.165, 1.54) is 92.3 Å². The molecule has 0 bridgehead atoms. The lowest BCUT2D eigenvalue weighted by molar-refractivity contribution is 0.195. The van der Waals surface area contributed by atoms with Crippen LogP contribution in [0.2, 0.25) is 0 Å². The summed E-state index contributed by atoms with van der Waals surface area (Å²) in [5, 5.41) is 6.64. The molecule has 262 valence electrons. The van der Waals surface area contributed by atoms with Crippen LogP contribution < -0.4 is 21.1 Å². The number of hydrogen-bond acceptors (Lipinski definition) is 2. The lowest BCUT2D eigenvalue weighted by atomic mass is 9.56. The number of anilines is 4. The SMILES string of the molecule is CC(C)(C)c1ccc(Nc2cc(C(C)(C)C)ccc2-c2cc3ccccc3c3c2Bc2cc(C(C)(C)C)cc4c2N3C2(C)CCCCC42C)cc1. The van der Waals surface area contributed by atoms with Crippen molar-refractivity contribution in [2.75, 3.05) is 10.2 Å². The standard InChI is InChI=1S/C48H57BN2/c1-44(2,3)31-18-21-34(22-19-31)50-40-29-32(45(4,5)6)20-23-36(40)37-26-30-16-12-13-17-35(30)42-41(37)49-39-28-33(46(7,8)9)27-38-43(39)51(42)48(11)25-15-14-24-47(38,48)10/h12-13,16-23,26-29,49-50H,14-15,24-25H2,1-11H3. The zero-order chi connectivity index (χ0) is 36.3. The van der Waals surface area contributed by atoms with Gasteiger partial charge in [-0.15, -0.1) is 0 Å². The Hall–Kier alpha value is -3.98. The molecular weight excluding hydrogens is 615 g/mol. The summed E-state index contributed by atoms with van der Waals surface area (Å²) in [5.74, 6) is 0. The van der Waals surface area contributed by atoms with Crippen molar-refractivity contribution in [3.05, 3.63) is 107 Å². The highest BCUT2D eigenvalue weighted by atomic mass is 15.3. The summed E-state index contributed by atoms with van der Waals surface area (Å²) in [7, 11) is 0.936. The van der Waals surface area contributed by atoms with Crippen LogP contribution in [0.25, 0.3) is 21.9 Å². The molecule has 0 radical (unpaired) electrons. The first-order valence-corrected chi connectivity index (χ1v) is 19.5. The largest absolute Gasteiger partial charge is 0.355 e. The Kier molecular flexibility index (Phi) is 7.54. The van der Waals surface area contributed by atoms with E-state index in [1.807, 2.05) is 0 Å². The van der Waals surface area contributed by atoms with Crippen molar-refractivity contribution in [1.29, 1.82) is 0 Å². The minimum absolute atomic E-state index is 0.00137. The molecule has 5 aromatic rings. The second-order valence-electron chi connectivity index (χ2n) is 19.5. The summed E-state index contributed by atoms with van der Waals surface area (Å²) in [6.45, 7) is 26.1. The zero-order valence-electron chi connectivity index (χ0n) is 33.1. The molecular formula is C48H57BN2. The van der Waals surface area contributed by atoms with E-state index in [0.717, 1.165) is 13.0 Å². The molecule has 5 aromatic carbocycles. The summed E-state index contributed by atoms with van der Waals surface area (Å²) in [6, 6.07) is 33.1. The van der Waals surface area contributed by atoms with E-state index in [4.69, 9.17) is 0 Å². The maximum Gasteiger partial charge on any atom is 0.198 e. The fraction of sp³-hybridized carbons (Fsp3) is 0.417. The molecule has 3 heteroatoms. The quantitative estimate of drug-likeness (QED) is 0.192. The summed E-state index contributed by atoms with van der Waals surface area (Å²) in [4.78, 5) is 2.87. The number of rotatable bonds is 3. The van der Waals surface area contributed by atoms with Crippen molar-refractivity contribution in [2.45, 2.75) is 129 Å². The Labute approximate surface area is 308 Å². The van der Waals surface area contributed by atoms with Crippen molar-refractivity contribution in [3.8, 4) is 11.1 Å². The van der Waals surface area contributed by atoms with Crippen molar-refractivity contribution < 1.29 is 0 Å². The molecule has 2 aliphatic heterocycles. The maximum absolute atomic E-state index is 3.95. The summed E-state index contributed by atoms with van der Waals surface area (Å²) < 4.78 is 0. The fourth-order valence-corrected chi connectivity index (χ4v) is 9.62. The molecule has 2 atom stereocenters. The second-order valence-corrected chi connectivity index (χ2v) is 19.5. The third kappa shape index (κ3) is 5.28. The minimum Gasteiger partial charge on any atom is -0.355 e. The molecule has 0 aromatic heterocycles. The van der Waals surface area contributed by atoms with Gasteiger partial charge in [-0.1, -0.05) is 148 Å². The Bertz CT molecular complexity index is 2190. The first-order valence-electron chi connectivity index (χ1n) is 19.5. The highest BCUT2D eigenvalue weighted by Gasteiger charge is 2.59. The Morgan fingerprint density at radius 3 is 1.96 bits per heavy atom. The molecule has 3 aliphatic rings. The van der Waals surface area contributed by atoms with Crippen LogP contribution in [-0.4, -0.2) is 12.8 Å². The summed E-state index contributed by atoms with van der Waals surface area (Å²) in [6.07, 6.45) is 5.02. The molecule has 1 fully saturated rings. The fourth-order valence-electron chi connectivity index (χ4n) is 9.62. The van der Waals surface area contributed by atoms with Crippen LogP contribution in [0.5, 0.6) is 0 Å². The van der Waals surface area contributed by atoms with Gasteiger partial charge in [0.15, 0.2) is 7.28 Å². The molecule has 51 heavy (non-hydrogen) atoms. The average Bonchev–Trinajstić information content (AvgIpc) is 3.27. The molecule has 2 unspecified atom stereocenters. The van der Waals surface area contributed by atoms with Crippen LogP contribution >= 0.6 is 0 Å². The monoisotopic (exact) mass is 672 g/mol. The van der Waals surface area contributed by atoms with Gasteiger partial charge < -0.3 is 10.2 Å². The molecule has 0 amide bonds. The molecule has 0 spiro atoms. The van der Waals surface area contributed by atoms with E-state index in [0.29, 0.717) is 0 Å². The number of fused-ring (bicyclic) bond motifs is 7. The molecule has 2 nitrogen and oxygen atoms in total. The van der Waals surface area contributed by atoms with Gasteiger partial charge >= 0.3 is 0 Å². The number of nitrogens with one attached hydrogen (secondary N) is 1. The normalized spacial score (nSPS) is 21.2. The molecule has 1 aliphatic carbocycles. The van der Waals surface area contributed by atoms with Gasteiger partial charge in [0, 0.05) is 39.1 Å². The third-order valence-corrected chi connectivity index (χ3v) is 13.1. The van der Waals surface area contributed by atoms with Gasteiger partial charge in [0.05, 0.1) is 5.54 Å². The van der Waals surface area contributed by atoms with Crippen LogP contribution in [0.1, 0.15) is 124 Å². The van der Waals surface area contributed by atoms with E-state index in [2.05, 4.69) is 171 Å². The van der Waals surface area contributed by atoms with Crippen molar-refractivity contribution >= 4 is 51.7 Å². The van der Waals surface area contributed by atoms with E-state index in [-0.39, 0.29) is 27.2 Å². The second kappa shape index (κ2) is 11.3. The highest BCUT2D eigenvalue weighted by Crippen LogP contribution is 2.62. The lowest BCUT2D eigenvalue weighted by Gasteiger charge is -2.51. The van der Waals surface area contributed by atoms with E-state index < -0.39 is 0 Å². The van der Waals surface area contributed by atoms with E-state index >= 15 is 0 Å². The number of hydrogen-bond donors (Lipinski definition) is 1. The smallest absolute Gasteiger partial charge is 0.198 e. The maximum atomic E-state index is 3.95. The van der Waals surface area contributed by atoms with Crippen molar-refractivity contribution in [3.63, 3.8) is 0 Å². The van der Waals surface area contributed by atoms with E-state index in [1.54, 1.807) is 5.56 Å². The minimum atomic E-state index is 0.00137. The average molecular weight is 673 g/mol. The predicted molar refractivity (Wildman–Crippen MR) is 224 cm³/mol.